The Bertz CT molecular complexity index is 4000. The summed E-state index contributed by atoms with van der Waals surface area (Å²) < 4.78 is 0. The molecule has 3 aliphatic heterocycles. The summed E-state index contributed by atoms with van der Waals surface area (Å²) in [5, 5.41) is 21.6. The number of amides is 1. The lowest BCUT2D eigenvalue weighted by Gasteiger charge is -2.40. The van der Waals surface area contributed by atoms with Gasteiger partial charge in [-0.05, 0) is 112 Å². The van der Waals surface area contributed by atoms with Gasteiger partial charge in [0.2, 0.25) is 0 Å². The quantitative estimate of drug-likeness (QED) is 0.0822. The Hall–Kier alpha value is -8.91. The number of hydrogen-bond donors (Lipinski definition) is 5. The zero-order chi connectivity index (χ0) is 51.6. The summed E-state index contributed by atoms with van der Waals surface area (Å²) in [5.74, 6) is 1.62. The summed E-state index contributed by atoms with van der Waals surface area (Å²) in [5.41, 5.74) is 14.8. The van der Waals surface area contributed by atoms with Crippen LogP contribution in [-0.4, -0.2) is 154 Å². The Morgan fingerprint density at radius 2 is 1.31 bits per heavy atom. The number of aromatic amines is 4. The van der Waals surface area contributed by atoms with Crippen molar-refractivity contribution in [1.82, 2.24) is 75.0 Å². The standard InChI is InChI=1S/C58H56N18O/c1-72-18-21-75(22-19-72)56-40-26-49(65-44(40)12-14-61-56)54-55-51(69-71-54)42(28-47(67-55)38-25-39(32-60-31-38)63-58(77)36-8-4-3-5-9-36)50-34-76(23-20-73(50)2)57-41-27-48(64-45(41)13-15-62-57)53-52-46(68-70-53)11-10-43(66-52)37-24-35(29-59-30-37)33-74-16-6-7-17-74/h3-5,8-15,24-32,50,64-65H,6-7,16-23,33-34H2,1-2H3,(H,63,77)(H,68,70)(H,69,71). The van der Waals surface area contributed by atoms with Crippen LogP contribution in [0.1, 0.15) is 40.4 Å². The summed E-state index contributed by atoms with van der Waals surface area (Å²) in [6.07, 6.45) is 13.6. The van der Waals surface area contributed by atoms with Gasteiger partial charge in [0.15, 0.2) is 0 Å². The van der Waals surface area contributed by atoms with E-state index in [4.69, 9.17) is 30.1 Å². The van der Waals surface area contributed by atoms with E-state index in [0.717, 1.165) is 148 Å². The van der Waals surface area contributed by atoms with Crippen LogP contribution in [0.2, 0.25) is 0 Å². The van der Waals surface area contributed by atoms with E-state index < -0.39 is 0 Å². The fourth-order valence-electron chi connectivity index (χ4n) is 11.5. The van der Waals surface area contributed by atoms with Gasteiger partial charge in [-0.15, -0.1) is 0 Å². The molecule has 1 atom stereocenters. The van der Waals surface area contributed by atoms with Crippen LogP contribution in [0.4, 0.5) is 17.3 Å². The molecule has 0 spiro atoms. The molecule has 0 saturated carbocycles. The molecule has 1 amide bonds. The Morgan fingerprint density at radius 3 is 2.08 bits per heavy atom. The molecule has 19 nitrogen and oxygen atoms in total. The summed E-state index contributed by atoms with van der Waals surface area (Å²) >= 11 is 0. The molecule has 0 radical (unpaired) electrons. The average molecular weight is 1020 g/mol. The summed E-state index contributed by atoms with van der Waals surface area (Å²) in [4.78, 5) is 62.4. The van der Waals surface area contributed by atoms with Crippen LogP contribution >= 0.6 is 0 Å². The molecule has 10 aromatic heterocycles. The number of rotatable bonds is 11. The first-order chi connectivity index (χ1) is 37.8. The number of pyridine rings is 6. The maximum atomic E-state index is 13.4. The van der Waals surface area contributed by atoms with Gasteiger partial charge in [0.1, 0.15) is 34.1 Å². The number of H-pyrrole nitrogens is 4. The molecule has 0 bridgehead atoms. The highest BCUT2D eigenvalue weighted by Gasteiger charge is 2.32. The molecule has 13 heterocycles. The van der Waals surface area contributed by atoms with Crippen molar-refractivity contribution < 1.29 is 4.79 Å². The lowest BCUT2D eigenvalue weighted by molar-refractivity contribution is 0.102. The minimum atomic E-state index is -0.219. The Labute approximate surface area is 442 Å². The number of aromatic nitrogens is 12. The first-order valence-corrected chi connectivity index (χ1v) is 26.4. The van der Waals surface area contributed by atoms with Gasteiger partial charge in [0, 0.05) is 116 Å². The molecule has 3 aliphatic rings. The van der Waals surface area contributed by atoms with Crippen molar-refractivity contribution in [3.05, 3.63) is 139 Å². The summed E-state index contributed by atoms with van der Waals surface area (Å²) in [6, 6.07) is 27.8. The number of carbonyl (C=O) groups is 1. The van der Waals surface area contributed by atoms with Crippen molar-refractivity contribution in [2.24, 2.45) is 0 Å². The summed E-state index contributed by atoms with van der Waals surface area (Å²) in [6.45, 7) is 9.02. The van der Waals surface area contributed by atoms with Crippen molar-refractivity contribution in [3.8, 4) is 45.3 Å². The van der Waals surface area contributed by atoms with E-state index in [1.807, 2.05) is 73.3 Å². The Kier molecular flexibility index (Phi) is 11.7. The molecule has 11 aromatic rings. The van der Waals surface area contributed by atoms with Crippen LogP contribution in [-0.2, 0) is 6.54 Å². The predicted molar refractivity (Wildman–Crippen MR) is 301 cm³/mol. The second-order valence-corrected chi connectivity index (χ2v) is 20.7. The molecule has 77 heavy (non-hydrogen) atoms. The van der Waals surface area contributed by atoms with Crippen molar-refractivity contribution in [2.45, 2.75) is 25.4 Å². The first-order valence-electron chi connectivity index (χ1n) is 26.4. The first kappa shape index (κ1) is 46.6. The number of likely N-dealkylation sites (N-methyl/N-ethyl adjacent to an activating group) is 2. The van der Waals surface area contributed by atoms with Crippen LogP contribution in [0, 0.1) is 0 Å². The molecule has 19 heteroatoms. The van der Waals surface area contributed by atoms with E-state index in [1.165, 1.54) is 18.4 Å². The van der Waals surface area contributed by atoms with Gasteiger partial charge in [-0.1, -0.05) is 18.2 Å². The van der Waals surface area contributed by atoms with Gasteiger partial charge in [-0.25, -0.2) is 19.9 Å². The van der Waals surface area contributed by atoms with Crippen molar-refractivity contribution in [1.29, 1.82) is 0 Å². The van der Waals surface area contributed by atoms with E-state index >= 15 is 0 Å². The van der Waals surface area contributed by atoms with Crippen LogP contribution in [0.3, 0.4) is 0 Å². The van der Waals surface area contributed by atoms with Gasteiger partial charge in [0.05, 0.1) is 62.8 Å². The maximum absolute atomic E-state index is 13.4. The van der Waals surface area contributed by atoms with Gasteiger partial charge < -0.3 is 30.0 Å². The SMILES string of the molecule is CN1CCN(c2nccc3[nH]c(-c4n[nH]c5c(C6CN(c7nccc8[nH]c(-c9n[nH]c%10ccc(-c%11cncc(CN%12CCCC%12)c%11)nc9%10)cc78)CCN6C)cc(-c6cncc(NC(=O)c7ccccc7)c6)nc45)cc23)CC1. The topological polar surface area (TPSA) is 212 Å². The predicted octanol–water partition coefficient (Wildman–Crippen LogP) is 8.53. The molecule has 5 N–H and O–H groups in total. The fourth-order valence-corrected chi connectivity index (χ4v) is 11.5. The highest BCUT2D eigenvalue weighted by Crippen LogP contribution is 2.40. The number of fused-ring (bicyclic) bond motifs is 4. The molecular formula is C58H56N18O. The number of anilines is 3. The molecule has 0 aliphatic carbocycles. The number of benzene rings is 1. The van der Waals surface area contributed by atoms with Crippen LogP contribution in [0.15, 0.2) is 122 Å². The van der Waals surface area contributed by atoms with Crippen molar-refractivity contribution in [2.75, 3.05) is 88.1 Å². The normalized spacial score (nSPS) is 16.9. The summed E-state index contributed by atoms with van der Waals surface area (Å²) in [7, 11) is 4.33. The zero-order valence-corrected chi connectivity index (χ0v) is 42.8. The monoisotopic (exact) mass is 1020 g/mol. The molecule has 384 valence electrons. The maximum Gasteiger partial charge on any atom is 0.255 e. The van der Waals surface area contributed by atoms with E-state index in [2.05, 4.69) is 98.3 Å². The Morgan fingerprint density at radius 1 is 0.636 bits per heavy atom. The third-order valence-corrected chi connectivity index (χ3v) is 15.7. The van der Waals surface area contributed by atoms with Crippen molar-refractivity contribution >= 4 is 67.1 Å². The number of nitrogens with one attached hydrogen (secondary N) is 5. The molecule has 1 aromatic carbocycles. The highest BCUT2D eigenvalue weighted by molar-refractivity contribution is 6.05. The second-order valence-electron chi connectivity index (χ2n) is 20.7. The van der Waals surface area contributed by atoms with E-state index in [-0.39, 0.29) is 11.9 Å². The third kappa shape index (κ3) is 8.76. The van der Waals surface area contributed by atoms with E-state index in [1.54, 1.807) is 24.5 Å². The zero-order valence-electron chi connectivity index (χ0n) is 42.8. The van der Waals surface area contributed by atoms with Gasteiger partial charge >= 0.3 is 0 Å². The van der Waals surface area contributed by atoms with E-state index in [9.17, 15) is 4.79 Å². The molecule has 14 rings (SSSR count). The van der Waals surface area contributed by atoms with Crippen LogP contribution < -0.4 is 15.1 Å². The number of likely N-dealkylation sites (tertiary alicyclic amines) is 1. The van der Waals surface area contributed by atoms with Crippen LogP contribution in [0.5, 0.6) is 0 Å². The minimum absolute atomic E-state index is 0.123. The largest absolute Gasteiger partial charge is 0.353 e. The van der Waals surface area contributed by atoms with Gasteiger partial charge in [-0.2, -0.15) is 10.2 Å². The minimum Gasteiger partial charge on any atom is -0.353 e. The van der Waals surface area contributed by atoms with Crippen molar-refractivity contribution in [3.63, 3.8) is 0 Å². The second kappa shape index (κ2) is 19.3. The lowest BCUT2D eigenvalue weighted by Crippen LogP contribution is -2.47. The number of carbonyl (C=O) groups excluding carboxylic acids is 1. The highest BCUT2D eigenvalue weighted by atomic mass is 16.1. The lowest BCUT2D eigenvalue weighted by atomic mass is 9.98. The van der Waals surface area contributed by atoms with Crippen LogP contribution in [0.25, 0.3) is 89.2 Å². The van der Waals surface area contributed by atoms with Gasteiger partial charge in [0.25, 0.3) is 5.91 Å². The number of hydrogen-bond acceptors (Lipinski definition) is 14. The van der Waals surface area contributed by atoms with Gasteiger partial charge in [-0.3, -0.25) is 34.8 Å². The Balaban J connectivity index is 0.820. The molecule has 1 unspecified atom stereocenters. The number of piperazine rings is 2. The molecule has 3 fully saturated rings. The third-order valence-electron chi connectivity index (χ3n) is 15.7. The van der Waals surface area contributed by atoms with E-state index in [0.29, 0.717) is 34.7 Å². The fraction of sp³-hybridized carbons (Fsp3) is 0.259. The molecular weight excluding hydrogens is 965 g/mol. The average Bonchev–Trinajstić information content (AvgIpc) is 4.35. The smallest absolute Gasteiger partial charge is 0.255 e. The number of nitrogens with zero attached hydrogens (tertiary/aromatic N) is 13. The molecule has 3 saturated heterocycles.